The number of hydrogen-bond acceptors (Lipinski definition) is 3. The van der Waals surface area contributed by atoms with Crippen molar-refractivity contribution < 1.29 is 0 Å². The van der Waals surface area contributed by atoms with Crippen molar-refractivity contribution in [2.45, 2.75) is 26.2 Å². The maximum absolute atomic E-state index is 3.19. The summed E-state index contributed by atoms with van der Waals surface area (Å²) < 4.78 is 0. The van der Waals surface area contributed by atoms with E-state index in [4.69, 9.17) is 0 Å². The third-order valence-corrected chi connectivity index (χ3v) is 2.68. The minimum atomic E-state index is 1.15. The fraction of sp³-hybridized carbons (Fsp3) is 1.00. The van der Waals surface area contributed by atoms with Crippen LogP contribution in [-0.2, 0) is 0 Å². The Balaban J connectivity index is 3.38. The Labute approximate surface area is 95.8 Å². The largest absolute Gasteiger partial charge is 0.320 e. The molecule has 0 aromatic carbocycles. The van der Waals surface area contributed by atoms with Crippen LogP contribution in [0.2, 0.25) is 0 Å². The number of rotatable bonds is 10. The zero-order chi connectivity index (χ0) is 11.5. The van der Waals surface area contributed by atoms with Gasteiger partial charge in [-0.1, -0.05) is 6.92 Å². The molecule has 0 fully saturated rings. The van der Waals surface area contributed by atoms with Gasteiger partial charge < -0.3 is 15.1 Å². The van der Waals surface area contributed by atoms with E-state index in [-0.39, 0.29) is 0 Å². The van der Waals surface area contributed by atoms with E-state index in [9.17, 15) is 0 Å². The molecule has 1 N–H and O–H groups in total. The van der Waals surface area contributed by atoms with Crippen molar-refractivity contribution in [2.75, 3.05) is 53.9 Å². The van der Waals surface area contributed by atoms with Crippen LogP contribution in [0.5, 0.6) is 0 Å². The number of hydrogen-bond donors (Lipinski definition) is 1. The quantitative estimate of drug-likeness (QED) is 0.554. The highest BCUT2D eigenvalue weighted by atomic mass is 15.1. The second kappa shape index (κ2) is 10.4. The molecule has 0 saturated carbocycles. The minimum absolute atomic E-state index is 1.15. The van der Waals surface area contributed by atoms with Crippen LogP contribution in [0.25, 0.3) is 0 Å². The van der Waals surface area contributed by atoms with E-state index in [1.807, 2.05) is 7.05 Å². The first kappa shape index (κ1) is 14.9. The lowest BCUT2D eigenvalue weighted by Gasteiger charge is -2.21. The van der Waals surface area contributed by atoms with E-state index in [1.54, 1.807) is 0 Å². The Bertz CT molecular complexity index is 126. The molecule has 15 heavy (non-hydrogen) atoms. The van der Waals surface area contributed by atoms with Crippen LogP contribution >= 0.6 is 0 Å². The molecule has 0 radical (unpaired) electrons. The lowest BCUT2D eigenvalue weighted by atomic mass is 10.2. The second-order valence-electron chi connectivity index (χ2n) is 4.40. The van der Waals surface area contributed by atoms with Crippen molar-refractivity contribution >= 4 is 0 Å². The first-order valence-electron chi connectivity index (χ1n) is 6.22. The van der Waals surface area contributed by atoms with Crippen LogP contribution in [0.15, 0.2) is 0 Å². The summed E-state index contributed by atoms with van der Waals surface area (Å²) in [4.78, 5) is 4.81. The number of nitrogens with zero attached hydrogens (tertiary/aromatic N) is 2. The monoisotopic (exact) mass is 215 g/mol. The first-order valence-corrected chi connectivity index (χ1v) is 6.22. The van der Waals surface area contributed by atoms with Gasteiger partial charge in [-0.2, -0.15) is 0 Å². The lowest BCUT2D eigenvalue weighted by molar-refractivity contribution is 0.261. The van der Waals surface area contributed by atoms with Gasteiger partial charge in [0.1, 0.15) is 0 Å². The summed E-state index contributed by atoms with van der Waals surface area (Å²) in [7, 11) is 6.31. The molecular formula is C12H29N3. The normalized spacial score (nSPS) is 11.6. The van der Waals surface area contributed by atoms with E-state index in [0.717, 1.165) is 6.54 Å². The van der Waals surface area contributed by atoms with E-state index in [2.05, 4.69) is 36.1 Å². The molecule has 0 aliphatic heterocycles. The molecule has 0 atom stereocenters. The predicted octanol–water partition coefficient (Wildman–Crippen LogP) is 1.26. The molecule has 0 aliphatic rings. The van der Waals surface area contributed by atoms with Gasteiger partial charge in [-0.3, -0.25) is 0 Å². The Hall–Kier alpha value is -0.120. The molecule has 0 aliphatic carbocycles. The van der Waals surface area contributed by atoms with Gasteiger partial charge >= 0.3 is 0 Å². The Kier molecular flexibility index (Phi) is 10.3. The van der Waals surface area contributed by atoms with Gasteiger partial charge in [0.25, 0.3) is 0 Å². The Morgan fingerprint density at radius 2 is 1.60 bits per heavy atom. The molecular weight excluding hydrogens is 186 g/mol. The maximum Gasteiger partial charge on any atom is -0.000667 e. The zero-order valence-electron chi connectivity index (χ0n) is 11.1. The smallest absolute Gasteiger partial charge is 0.000667 e. The zero-order valence-corrected chi connectivity index (χ0v) is 11.1. The molecule has 0 saturated heterocycles. The van der Waals surface area contributed by atoms with Crippen LogP contribution in [0, 0.1) is 0 Å². The molecule has 0 unspecified atom stereocenters. The summed E-state index contributed by atoms with van der Waals surface area (Å²) in [5, 5.41) is 3.19. The molecule has 0 amide bonds. The average Bonchev–Trinajstić information content (AvgIpc) is 2.21. The van der Waals surface area contributed by atoms with Gasteiger partial charge in [-0.05, 0) is 73.1 Å². The van der Waals surface area contributed by atoms with Crippen LogP contribution in [-0.4, -0.2) is 63.7 Å². The van der Waals surface area contributed by atoms with Crippen molar-refractivity contribution in [3.63, 3.8) is 0 Å². The van der Waals surface area contributed by atoms with Crippen LogP contribution in [0.3, 0.4) is 0 Å². The summed E-state index contributed by atoms with van der Waals surface area (Å²) >= 11 is 0. The van der Waals surface area contributed by atoms with Crippen LogP contribution in [0.4, 0.5) is 0 Å². The van der Waals surface area contributed by atoms with Gasteiger partial charge in [0.15, 0.2) is 0 Å². The SMILES string of the molecule is CCN(CCCCNC)CCCN(C)C. The topological polar surface area (TPSA) is 18.5 Å². The third-order valence-electron chi connectivity index (χ3n) is 2.68. The fourth-order valence-electron chi connectivity index (χ4n) is 1.68. The predicted molar refractivity (Wildman–Crippen MR) is 68.4 cm³/mol. The molecule has 0 rings (SSSR count). The van der Waals surface area contributed by atoms with Crippen molar-refractivity contribution in [2.24, 2.45) is 0 Å². The molecule has 0 aromatic heterocycles. The van der Waals surface area contributed by atoms with Gasteiger partial charge in [-0.25, -0.2) is 0 Å². The number of unbranched alkanes of at least 4 members (excludes halogenated alkanes) is 1. The highest BCUT2D eigenvalue weighted by Gasteiger charge is 2.01. The van der Waals surface area contributed by atoms with Gasteiger partial charge in [0.05, 0.1) is 0 Å². The Morgan fingerprint density at radius 3 is 2.13 bits per heavy atom. The highest BCUT2D eigenvalue weighted by Crippen LogP contribution is 1.97. The second-order valence-corrected chi connectivity index (χ2v) is 4.40. The average molecular weight is 215 g/mol. The minimum Gasteiger partial charge on any atom is -0.320 e. The van der Waals surface area contributed by atoms with E-state index < -0.39 is 0 Å². The van der Waals surface area contributed by atoms with E-state index in [1.165, 1.54) is 45.4 Å². The molecule has 3 heteroatoms. The first-order chi connectivity index (χ1) is 7.20. The van der Waals surface area contributed by atoms with E-state index >= 15 is 0 Å². The summed E-state index contributed by atoms with van der Waals surface area (Å²) in [5.41, 5.74) is 0. The summed E-state index contributed by atoms with van der Waals surface area (Å²) in [6.45, 7) is 8.29. The van der Waals surface area contributed by atoms with Crippen LogP contribution in [0.1, 0.15) is 26.2 Å². The van der Waals surface area contributed by atoms with Crippen molar-refractivity contribution in [1.29, 1.82) is 0 Å². The van der Waals surface area contributed by atoms with E-state index in [0.29, 0.717) is 0 Å². The molecule has 3 nitrogen and oxygen atoms in total. The van der Waals surface area contributed by atoms with Crippen molar-refractivity contribution in [1.82, 2.24) is 15.1 Å². The van der Waals surface area contributed by atoms with Gasteiger partial charge in [0.2, 0.25) is 0 Å². The summed E-state index contributed by atoms with van der Waals surface area (Å²) in [6.07, 6.45) is 3.89. The maximum atomic E-state index is 3.19. The lowest BCUT2D eigenvalue weighted by Crippen LogP contribution is -2.28. The van der Waals surface area contributed by atoms with Crippen molar-refractivity contribution in [3.05, 3.63) is 0 Å². The molecule has 92 valence electrons. The summed E-state index contributed by atoms with van der Waals surface area (Å²) in [5.74, 6) is 0. The van der Waals surface area contributed by atoms with Gasteiger partial charge in [-0.15, -0.1) is 0 Å². The van der Waals surface area contributed by atoms with Gasteiger partial charge in [0, 0.05) is 0 Å². The standard InChI is InChI=1S/C12H29N3/c1-5-15(11-7-6-9-13-2)12-8-10-14(3)4/h13H,5-12H2,1-4H3. The molecule has 0 bridgehead atoms. The fourth-order valence-corrected chi connectivity index (χ4v) is 1.68. The molecule has 0 heterocycles. The third kappa shape index (κ3) is 10.2. The molecule has 0 spiro atoms. The summed E-state index contributed by atoms with van der Waals surface area (Å²) in [6, 6.07) is 0. The number of nitrogens with one attached hydrogen (secondary N) is 1. The highest BCUT2D eigenvalue weighted by molar-refractivity contribution is 4.57. The van der Waals surface area contributed by atoms with Crippen molar-refractivity contribution in [3.8, 4) is 0 Å². The Morgan fingerprint density at radius 1 is 0.933 bits per heavy atom. The molecule has 0 aromatic rings. The van der Waals surface area contributed by atoms with Crippen LogP contribution < -0.4 is 5.32 Å².